The molecule has 2 aromatic rings. The van der Waals surface area contributed by atoms with E-state index in [1.165, 1.54) is 12.1 Å². The van der Waals surface area contributed by atoms with Crippen molar-refractivity contribution in [1.82, 2.24) is 0 Å². The van der Waals surface area contributed by atoms with Crippen LogP contribution in [0.25, 0.3) is 11.1 Å². The molecule has 0 aliphatic heterocycles. The van der Waals surface area contributed by atoms with Gasteiger partial charge in [0.2, 0.25) is 0 Å². The summed E-state index contributed by atoms with van der Waals surface area (Å²) in [5.41, 5.74) is 1.15. The standard InChI is InChI=1S/C16H15FO3/c1-2-9-20-13-6-3-11(4-7-13)14-8-5-12(17)10-15(14)16(18)19/h3-8,10H,2,9H2,1H3,(H,18,19). The molecular formula is C16H15FO3. The Hall–Kier alpha value is -2.36. The molecule has 1 N–H and O–H groups in total. The van der Waals surface area contributed by atoms with E-state index in [1.54, 1.807) is 24.3 Å². The van der Waals surface area contributed by atoms with Crippen LogP contribution in [0, 0.1) is 5.82 Å². The van der Waals surface area contributed by atoms with Crippen LogP contribution in [0.1, 0.15) is 23.7 Å². The molecule has 0 atom stereocenters. The van der Waals surface area contributed by atoms with E-state index < -0.39 is 11.8 Å². The summed E-state index contributed by atoms with van der Waals surface area (Å²) in [5, 5.41) is 9.13. The van der Waals surface area contributed by atoms with E-state index >= 15 is 0 Å². The first kappa shape index (κ1) is 14.1. The summed E-state index contributed by atoms with van der Waals surface area (Å²) in [4.78, 5) is 11.2. The van der Waals surface area contributed by atoms with E-state index in [1.807, 2.05) is 6.92 Å². The molecule has 0 spiro atoms. The van der Waals surface area contributed by atoms with Crippen molar-refractivity contribution in [1.29, 1.82) is 0 Å². The predicted molar refractivity (Wildman–Crippen MR) is 74.6 cm³/mol. The fourth-order valence-corrected chi connectivity index (χ4v) is 1.90. The average Bonchev–Trinajstić information content (AvgIpc) is 2.45. The molecule has 2 rings (SSSR count). The van der Waals surface area contributed by atoms with Crippen LogP contribution >= 0.6 is 0 Å². The Morgan fingerprint density at radius 1 is 1.20 bits per heavy atom. The molecule has 20 heavy (non-hydrogen) atoms. The van der Waals surface area contributed by atoms with Crippen molar-refractivity contribution in [2.75, 3.05) is 6.61 Å². The highest BCUT2D eigenvalue weighted by Crippen LogP contribution is 2.26. The Morgan fingerprint density at radius 3 is 2.50 bits per heavy atom. The maximum Gasteiger partial charge on any atom is 0.336 e. The Labute approximate surface area is 116 Å². The minimum atomic E-state index is -1.15. The molecule has 0 unspecified atom stereocenters. The van der Waals surface area contributed by atoms with Crippen molar-refractivity contribution < 1.29 is 19.0 Å². The van der Waals surface area contributed by atoms with Gasteiger partial charge in [-0.2, -0.15) is 0 Å². The zero-order valence-corrected chi connectivity index (χ0v) is 11.1. The number of benzene rings is 2. The third kappa shape index (κ3) is 3.15. The van der Waals surface area contributed by atoms with Crippen molar-refractivity contribution >= 4 is 5.97 Å². The van der Waals surface area contributed by atoms with Gasteiger partial charge < -0.3 is 9.84 Å². The summed E-state index contributed by atoms with van der Waals surface area (Å²) in [6, 6.07) is 10.8. The highest BCUT2D eigenvalue weighted by atomic mass is 19.1. The fourth-order valence-electron chi connectivity index (χ4n) is 1.90. The van der Waals surface area contributed by atoms with Crippen LogP contribution < -0.4 is 4.74 Å². The largest absolute Gasteiger partial charge is 0.494 e. The Bertz CT molecular complexity index is 606. The van der Waals surface area contributed by atoms with Crippen molar-refractivity contribution in [3.8, 4) is 16.9 Å². The first-order valence-corrected chi connectivity index (χ1v) is 6.38. The first-order chi connectivity index (χ1) is 9.61. The van der Waals surface area contributed by atoms with Crippen LogP contribution in [-0.2, 0) is 0 Å². The smallest absolute Gasteiger partial charge is 0.336 e. The van der Waals surface area contributed by atoms with Gasteiger partial charge in [-0.3, -0.25) is 0 Å². The normalized spacial score (nSPS) is 10.3. The van der Waals surface area contributed by atoms with Gasteiger partial charge in [0.1, 0.15) is 11.6 Å². The molecule has 0 aliphatic carbocycles. The molecule has 0 aromatic heterocycles. The van der Waals surface area contributed by atoms with Crippen molar-refractivity contribution in [3.05, 3.63) is 53.8 Å². The average molecular weight is 274 g/mol. The molecule has 4 heteroatoms. The highest BCUT2D eigenvalue weighted by Gasteiger charge is 2.12. The van der Waals surface area contributed by atoms with Crippen molar-refractivity contribution in [2.45, 2.75) is 13.3 Å². The van der Waals surface area contributed by atoms with E-state index in [4.69, 9.17) is 9.84 Å². The van der Waals surface area contributed by atoms with Gasteiger partial charge in [0.05, 0.1) is 12.2 Å². The van der Waals surface area contributed by atoms with Gasteiger partial charge in [-0.05, 0) is 41.8 Å². The number of carbonyl (C=O) groups is 1. The second kappa shape index (κ2) is 6.19. The molecule has 0 fully saturated rings. The lowest BCUT2D eigenvalue weighted by atomic mass is 9.99. The SMILES string of the molecule is CCCOc1ccc(-c2ccc(F)cc2C(=O)O)cc1. The Balaban J connectivity index is 2.34. The first-order valence-electron chi connectivity index (χ1n) is 6.38. The summed E-state index contributed by atoms with van der Waals surface area (Å²) in [5.74, 6) is -0.977. The van der Waals surface area contributed by atoms with E-state index in [2.05, 4.69) is 0 Å². The number of ether oxygens (including phenoxy) is 1. The van der Waals surface area contributed by atoms with Gasteiger partial charge in [-0.1, -0.05) is 25.1 Å². The van der Waals surface area contributed by atoms with Crippen LogP contribution in [0.5, 0.6) is 5.75 Å². The number of carboxylic acid groups (broad SMARTS) is 1. The molecule has 104 valence electrons. The molecule has 0 saturated carbocycles. The van der Waals surface area contributed by atoms with Gasteiger partial charge in [-0.15, -0.1) is 0 Å². The lowest BCUT2D eigenvalue weighted by Crippen LogP contribution is -2.00. The van der Waals surface area contributed by atoms with Crippen LogP contribution in [0.3, 0.4) is 0 Å². The lowest BCUT2D eigenvalue weighted by Gasteiger charge is -2.08. The van der Waals surface area contributed by atoms with Crippen LogP contribution in [-0.4, -0.2) is 17.7 Å². The maximum atomic E-state index is 13.1. The van der Waals surface area contributed by atoms with Gasteiger partial charge in [-0.25, -0.2) is 9.18 Å². The van der Waals surface area contributed by atoms with Crippen LogP contribution in [0.2, 0.25) is 0 Å². The maximum absolute atomic E-state index is 13.1. The lowest BCUT2D eigenvalue weighted by molar-refractivity contribution is 0.0697. The zero-order valence-electron chi connectivity index (χ0n) is 11.1. The van der Waals surface area contributed by atoms with E-state index in [-0.39, 0.29) is 5.56 Å². The molecule has 3 nitrogen and oxygen atoms in total. The molecule has 0 saturated heterocycles. The summed E-state index contributed by atoms with van der Waals surface area (Å²) in [6.45, 7) is 2.66. The van der Waals surface area contributed by atoms with Gasteiger partial charge >= 0.3 is 5.97 Å². The van der Waals surface area contributed by atoms with Crippen molar-refractivity contribution in [3.63, 3.8) is 0 Å². The molecule has 2 aromatic carbocycles. The number of carboxylic acids is 1. The Kier molecular flexibility index (Phi) is 4.35. The minimum Gasteiger partial charge on any atom is -0.494 e. The van der Waals surface area contributed by atoms with Crippen LogP contribution in [0.15, 0.2) is 42.5 Å². The molecule has 0 heterocycles. The topological polar surface area (TPSA) is 46.5 Å². The van der Waals surface area contributed by atoms with E-state index in [0.29, 0.717) is 17.7 Å². The number of rotatable bonds is 5. The van der Waals surface area contributed by atoms with E-state index in [9.17, 15) is 9.18 Å². The number of aromatic carboxylic acids is 1. The molecule has 0 aliphatic rings. The second-order valence-corrected chi connectivity index (χ2v) is 4.37. The third-order valence-corrected chi connectivity index (χ3v) is 2.85. The van der Waals surface area contributed by atoms with Crippen LogP contribution in [0.4, 0.5) is 4.39 Å². The number of hydrogen-bond acceptors (Lipinski definition) is 2. The molecular weight excluding hydrogens is 259 g/mol. The highest BCUT2D eigenvalue weighted by molar-refractivity contribution is 5.96. The van der Waals surface area contributed by atoms with Crippen molar-refractivity contribution in [2.24, 2.45) is 0 Å². The fraction of sp³-hybridized carbons (Fsp3) is 0.188. The summed E-state index contributed by atoms with van der Waals surface area (Å²) < 4.78 is 18.6. The molecule has 0 radical (unpaired) electrons. The summed E-state index contributed by atoms with van der Waals surface area (Å²) in [6.07, 6.45) is 0.920. The second-order valence-electron chi connectivity index (χ2n) is 4.37. The molecule has 0 bridgehead atoms. The number of halogens is 1. The van der Waals surface area contributed by atoms with Gasteiger partial charge in [0, 0.05) is 0 Å². The quantitative estimate of drug-likeness (QED) is 0.897. The third-order valence-electron chi connectivity index (χ3n) is 2.85. The van der Waals surface area contributed by atoms with Gasteiger partial charge in [0.15, 0.2) is 0 Å². The Morgan fingerprint density at radius 2 is 1.90 bits per heavy atom. The van der Waals surface area contributed by atoms with Gasteiger partial charge in [0.25, 0.3) is 0 Å². The predicted octanol–water partition coefficient (Wildman–Crippen LogP) is 3.98. The minimum absolute atomic E-state index is 0.0489. The summed E-state index contributed by atoms with van der Waals surface area (Å²) >= 11 is 0. The zero-order chi connectivity index (χ0) is 14.5. The van der Waals surface area contributed by atoms with E-state index in [0.717, 1.165) is 18.2 Å². The monoisotopic (exact) mass is 274 g/mol. The molecule has 0 amide bonds. The number of hydrogen-bond donors (Lipinski definition) is 1. The summed E-state index contributed by atoms with van der Waals surface area (Å²) in [7, 11) is 0.